The molecule has 1 atom stereocenters. The first-order chi connectivity index (χ1) is 9.10. The molecule has 0 aliphatic carbocycles. The lowest BCUT2D eigenvalue weighted by molar-refractivity contribution is 0.884. The highest BCUT2D eigenvalue weighted by molar-refractivity contribution is 9.10. The summed E-state index contributed by atoms with van der Waals surface area (Å²) in [6.07, 6.45) is 0. The predicted octanol–water partition coefficient (Wildman–Crippen LogP) is 5.15. The average molecular weight is 336 g/mol. The zero-order valence-corrected chi connectivity index (χ0v) is 12.7. The molecular weight excluding hydrogens is 324 g/mol. The molecule has 0 fully saturated rings. The van der Waals surface area contributed by atoms with Gasteiger partial charge in [-0.25, -0.2) is 0 Å². The zero-order chi connectivity index (χ0) is 13.8. The molecule has 2 rings (SSSR count). The van der Waals surface area contributed by atoms with Crippen LogP contribution in [0.25, 0.3) is 0 Å². The molecule has 1 N–H and O–H groups in total. The molecule has 96 valence electrons. The number of hydrogen-bond donors (Lipinski definition) is 1. The normalized spacial score (nSPS) is 11.7. The monoisotopic (exact) mass is 334 g/mol. The van der Waals surface area contributed by atoms with Gasteiger partial charge in [0.25, 0.3) is 0 Å². The number of benzene rings is 2. The Balaban J connectivity index is 2.18. The summed E-state index contributed by atoms with van der Waals surface area (Å²) >= 11 is 9.36. The summed E-state index contributed by atoms with van der Waals surface area (Å²) in [6, 6.07) is 15.6. The third-order valence-electron chi connectivity index (χ3n) is 2.82. The molecule has 2 nitrogen and oxygen atoms in total. The van der Waals surface area contributed by atoms with Crippen LogP contribution in [0, 0.1) is 11.3 Å². The molecular formula is C15H12BrClN2. The van der Waals surface area contributed by atoms with E-state index >= 15 is 0 Å². The van der Waals surface area contributed by atoms with E-state index in [0.29, 0.717) is 10.6 Å². The second-order valence-electron chi connectivity index (χ2n) is 4.23. The van der Waals surface area contributed by atoms with Crippen molar-refractivity contribution in [2.24, 2.45) is 0 Å². The molecule has 2 aromatic carbocycles. The molecule has 0 saturated heterocycles. The number of nitriles is 1. The van der Waals surface area contributed by atoms with E-state index in [2.05, 4.69) is 34.2 Å². The van der Waals surface area contributed by atoms with Crippen LogP contribution in [0.2, 0.25) is 5.02 Å². The minimum atomic E-state index is 0.112. The van der Waals surface area contributed by atoms with Gasteiger partial charge in [-0.3, -0.25) is 0 Å². The SMILES string of the molecule is CC(Nc1ccc(Cl)c(Br)c1)c1cccc(C#N)c1. The van der Waals surface area contributed by atoms with Crippen molar-refractivity contribution in [3.8, 4) is 6.07 Å². The maximum Gasteiger partial charge on any atom is 0.0991 e. The van der Waals surface area contributed by atoms with Gasteiger partial charge in [0.05, 0.1) is 16.7 Å². The first-order valence-corrected chi connectivity index (χ1v) is 6.99. The molecule has 0 amide bonds. The molecule has 0 spiro atoms. The molecule has 0 radical (unpaired) electrons. The summed E-state index contributed by atoms with van der Waals surface area (Å²) in [5.74, 6) is 0. The van der Waals surface area contributed by atoms with Gasteiger partial charge in [0.15, 0.2) is 0 Å². The molecule has 0 bridgehead atoms. The first-order valence-electron chi connectivity index (χ1n) is 5.82. The van der Waals surface area contributed by atoms with E-state index < -0.39 is 0 Å². The largest absolute Gasteiger partial charge is 0.378 e. The summed E-state index contributed by atoms with van der Waals surface area (Å²) in [4.78, 5) is 0. The van der Waals surface area contributed by atoms with Gasteiger partial charge in [0.1, 0.15) is 0 Å². The highest BCUT2D eigenvalue weighted by atomic mass is 79.9. The maximum absolute atomic E-state index is 8.91. The lowest BCUT2D eigenvalue weighted by Crippen LogP contribution is -2.06. The highest BCUT2D eigenvalue weighted by Gasteiger charge is 2.07. The third-order valence-corrected chi connectivity index (χ3v) is 4.03. The fourth-order valence-corrected chi connectivity index (χ4v) is 2.29. The molecule has 0 aliphatic rings. The Hall–Kier alpha value is -1.50. The zero-order valence-electron chi connectivity index (χ0n) is 10.3. The van der Waals surface area contributed by atoms with Crippen molar-refractivity contribution in [3.63, 3.8) is 0 Å². The fraction of sp³-hybridized carbons (Fsp3) is 0.133. The van der Waals surface area contributed by atoms with Crippen LogP contribution in [0.4, 0.5) is 5.69 Å². The lowest BCUT2D eigenvalue weighted by Gasteiger charge is -2.16. The van der Waals surface area contributed by atoms with Crippen LogP contribution in [-0.2, 0) is 0 Å². The second kappa shape index (κ2) is 6.10. The van der Waals surface area contributed by atoms with Gasteiger partial charge in [-0.05, 0) is 58.7 Å². The number of halogens is 2. The minimum Gasteiger partial charge on any atom is -0.378 e. The van der Waals surface area contributed by atoms with Gasteiger partial charge in [0, 0.05) is 16.2 Å². The van der Waals surface area contributed by atoms with Crippen molar-refractivity contribution in [1.82, 2.24) is 0 Å². The van der Waals surface area contributed by atoms with E-state index in [0.717, 1.165) is 15.7 Å². The summed E-state index contributed by atoms with van der Waals surface area (Å²) in [5, 5.41) is 13.0. The van der Waals surface area contributed by atoms with Crippen molar-refractivity contribution >= 4 is 33.2 Å². The van der Waals surface area contributed by atoms with Crippen LogP contribution < -0.4 is 5.32 Å². The van der Waals surface area contributed by atoms with Crippen LogP contribution in [0.5, 0.6) is 0 Å². The molecule has 0 saturated carbocycles. The quantitative estimate of drug-likeness (QED) is 0.842. The highest BCUT2D eigenvalue weighted by Crippen LogP contribution is 2.27. The van der Waals surface area contributed by atoms with Gasteiger partial charge < -0.3 is 5.32 Å². The van der Waals surface area contributed by atoms with Crippen molar-refractivity contribution in [2.45, 2.75) is 13.0 Å². The van der Waals surface area contributed by atoms with E-state index in [4.69, 9.17) is 16.9 Å². The minimum absolute atomic E-state index is 0.112. The summed E-state index contributed by atoms with van der Waals surface area (Å²) < 4.78 is 0.858. The smallest absolute Gasteiger partial charge is 0.0991 e. The number of rotatable bonds is 3. The van der Waals surface area contributed by atoms with Gasteiger partial charge in [0.2, 0.25) is 0 Å². The van der Waals surface area contributed by atoms with Crippen molar-refractivity contribution in [3.05, 3.63) is 63.1 Å². The van der Waals surface area contributed by atoms with Crippen LogP contribution >= 0.6 is 27.5 Å². The molecule has 19 heavy (non-hydrogen) atoms. The van der Waals surface area contributed by atoms with Crippen molar-refractivity contribution in [2.75, 3.05) is 5.32 Å². The van der Waals surface area contributed by atoms with E-state index in [1.54, 1.807) is 6.07 Å². The van der Waals surface area contributed by atoms with Crippen LogP contribution in [0.1, 0.15) is 24.1 Å². The first kappa shape index (κ1) is 13.9. The van der Waals surface area contributed by atoms with E-state index in [1.807, 2.05) is 36.4 Å². The summed E-state index contributed by atoms with van der Waals surface area (Å²) in [5.41, 5.74) is 2.72. The molecule has 2 aromatic rings. The summed E-state index contributed by atoms with van der Waals surface area (Å²) in [6.45, 7) is 2.05. The van der Waals surface area contributed by atoms with E-state index in [9.17, 15) is 0 Å². The van der Waals surface area contributed by atoms with Gasteiger partial charge in [-0.1, -0.05) is 23.7 Å². The lowest BCUT2D eigenvalue weighted by atomic mass is 10.1. The van der Waals surface area contributed by atoms with Crippen molar-refractivity contribution < 1.29 is 0 Å². The predicted molar refractivity (Wildman–Crippen MR) is 82.3 cm³/mol. The number of anilines is 1. The number of nitrogens with one attached hydrogen (secondary N) is 1. The van der Waals surface area contributed by atoms with Gasteiger partial charge in [-0.2, -0.15) is 5.26 Å². The van der Waals surface area contributed by atoms with E-state index in [1.165, 1.54) is 0 Å². The molecule has 1 unspecified atom stereocenters. The third kappa shape index (κ3) is 3.50. The second-order valence-corrected chi connectivity index (χ2v) is 5.49. The average Bonchev–Trinajstić information content (AvgIpc) is 2.43. The van der Waals surface area contributed by atoms with Gasteiger partial charge in [-0.15, -0.1) is 0 Å². The fourth-order valence-electron chi connectivity index (χ4n) is 1.80. The number of nitrogens with zero attached hydrogens (tertiary/aromatic N) is 1. The summed E-state index contributed by atoms with van der Waals surface area (Å²) in [7, 11) is 0. The molecule has 4 heteroatoms. The standard InChI is InChI=1S/C15H12BrClN2/c1-10(12-4-2-3-11(7-12)9-18)19-13-5-6-15(17)14(16)8-13/h2-8,10,19H,1H3. The maximum atomic E-state index is 8.91. The Bertz CT molecular complexity index is 634. The van der Waals surface area contributed by atoms with Crippen LogP contribution in [-0.4, -0.2) is 0 Å². The topological polar surface area (TPSA) is 35.8 Å². The Morgan fingerprint density at radius 1 is 1.26 bits per heavy atom. The van der Waals surface area contributed by atoms with E-state index in [-0.39, 0.29) is 6.04 Å². The van der Waals surface area contributed by atoms with Crippen LogP contribution in [0.3, 0.4) is 0 Å². The Kier molecular flexibility index (Phi) is 4.47. The molecule has 0 heterocycles. The molecule has 0 aromatic heterocycles. The van der Waals surface area contributed by atoms with Crippen molar-refractivity contribution in [1.29, 1.82) is 5.26 Å². The van der Waals surface area contributed by atoms with Crippen LogP contribution in [0.15, 0.2) is 46.9 Å². The Morgan fingerprint density at radius 3 is 2.74 bits per heavy atom. The molecule has 0 aliphatic heterocycles. The Labute approximate surface area is 126 Å². The number of hydrogen-bond acceptors (Lipinski definition) is 2. The van der Waals surface area contributed by atoms with Gasteiger partial charge >= 0.3 is 0 Å². The Morgan fingerprint density at radius 2 is 2.05 bits per heavy atom.